The first-order valence-electron chi connectivity index (χ1n) is 9.20. The molecule has 27 heavy (non-hydrogen) atoms. The van der Waals surface area contributed by atoms with Gasteiger partial charge in [-0.25, -0.2) is 9.98 Å². The molecule has 0 atom stereocenters. The third kappa shape index (κ3) is 3.88. The van der Waals surface area contributed by atoms with Gasteiger partial charge in [0.15, 0.2) is 0 Å². The van der Waals surface area contributed by atoms with Crippen LogP contribution in [0.3, 0.4) is 0 Å². The Morgan fingerprint density at radius 1 is 1.15 bits per heavy atom. The normalized spacial score (nSPS) is 12.2. The molecule has 138 valence electrons. The summed E-state index contributed by atoms with van der Waals surface area (Å²) in [6, 6.07) is 14.2. The quantitative estimate of drug-likeness (QED) is 0.308. The Kier molecular flexibility index (Phi) is 5.21. The van der Waals surface area contributed by atoms with E-state index in [0.29, 0.717) is 0 Å². The van der Waals surface area contributed by atoms with Crippen LogP contribution < -0.4 is 9.47 Å². The first-order chi connectivity index (χ1) is 13.3. The van der Waals surface area contributed by atoms with Gasteiger partial charge in [-0.05, 0) is 60.0 Å². The molecule has 2 aromatic carbocycles. The molecule has 0 radical (unpaired) electrons. The monoisotopic (exact) mass is 378 g/mol. The van der Waals surface area contributed by atoms with Gasteiger partial charge in [0, 0.05) is 23.1 Å². The van der Waals surface area contributed by atoms with Crippen molar-refractivity contribution in [2.24, 2.45) is 4.99 Å². The summed E-state index contributed by atoms with van der Waals surface area (Å²) in [5, 5.41) is 0.796. The molecule has 1 aliphatic carbocycles. The van der Waals surface area contributed by atoms with Crippen molar-refractivity contribution >= 4 is 22.7 Å². The van der Waals surface area contributed by atoms with Crippen LogP contribution in [0.1, 0.15) is 35.8 Å². The summed E-state index contributed by atoms with van der Waals surface area (Å²) < 4.78 is 11.0. The van der Waals surface area contributed by atoms with Crippen LogP contribution in [0.15, 0.2) is 47.5 Å². The maximum Gasteiger partial charge on any atom is 0.209 e. The number of fused-ring (bicyclic) bond motifs is 3. The van der Waals surface area contributed by atoms with Crippen molar-refractivity contribution in [2.45, 2.75) is 26.2 Å². The minimum absolute atomic E-state index is 0.766. The van der Waals surface area contributed by atoms with Crippen molar-refractivity contribution in [1.29, 1.82) is 0 Å². The maximum atomic E-state index is 5.69. The van der Waals surface area contributed by atoms with Crippen LogP contribution in [0.25, 0.3) is 11.3 Å². The summed E-state index contributed by atoms with van der Waals surface area (Å²) in [6.45, 7) is 2.93. The average molecular weight is 378 g/mol. The largest absolute Gasteiger partial charge is 0.497 e. The van der Waals surface area contributed by atoms with Gasteiger partial charge in [0.25, 0.3) is 0 Å². The van der Waals surface area contributed by atoms with Crippen molar-refractivity contribution in [1.82, 2.24) is 4.98 Å². The van der Waals surface area contributed by atoms with Gasteiger partial charge in [-0.1, -0.05) is 24.7 Å². The van der Waals surface area contributed by atoms with E-state index in [4.69, 9.17) is 14.5 Å². The summed E-state index contributed by atoms with van der Waals surface area (Å²) >= 11 is 1.65. The zero-order valence-corrected chi connectivity index (χ0v) is 16.4. The van der Waals surface area contributed by atoms with Crippen molar-refractivity contribution in [2.75, 3.05) is 13.7 Å². The molecule has 4 rings (SSSR count). The lowest BCUT2D eigenvalue weighted by molar-refractivity contribution is 0.309. The van der Waals surface area contributed by atoms with Crippen LogP contribution in [0.2, 0.25) is 0 Å². The molecule has 3 aromatic rings. The molecular formula is C22H22N2O2S. The second kappa shape index (κ2) is 7.92. The maximum absolute atomic E-state index is 5.69. The number of aliphatic imine (C=N–C) groups is 1. The van der Waals surface area contributed by atoms with E-state index in [-0.39, 0.29) is 0 Å². The third-order valence-electron chi connectivity index (χ3n) is 4.58. The second-order valence-corrected chi connectivity index (χ2v) is 7.56. The predicted molar refractivity (Wildman–Crippen MR) is 111 cm³/mol. The number of hydrogen-bond donors (Lipinski definition) is 0. The van der Waals surface area contributed by atoms with Crippen LogP contribution in [0.5, 0.6) is 11.5 Å². The number of ether oxygens (including phenoxy) is 2. The highest BCUT2D eigenvalue weighted by molar-refractivity contribution is 7.15. The number of benzene rings is 2. The van der Waals surface area contributed by atoms with E-state index in [9.17, 15) is 0 Å². The van der Waals surface area contributed by atoms with Gasteiger partial charge in [-0.2, -0.15) is 0 Å². The van der Waals surface area contributed by atoms with Crippen molar-refractivity contribution in [3.63, 3.8) is 0 Å². The van der Waals surface area contributed by atoms with Crippen molar-refractivity contribution in [3.05, 3.63) is 58.5 Å². The van der Waals surface area contributed by atoms with Gasteiger partial charge in [-0.3, -0.25) is 0 Å². The fourth-order valence-electron chi connectivity index (χ4n) is 3.09. The summed E-state index contributed by atoms with van der Waals surface area (Å²) in [4.78, 5) is 10.6. The highest BCUT2D eigenvalue weighted by Crippen LogP contribution is 2.42. The standard InChI is InChI=1S/C22H22N2O2S/c1-3-4-11-26-17-7-5-15(6-8-17)14-23-22-24-21-19-10-9-18(25-2)12-16(19)13-20(21)27-22/h5-10,12,14H,3-4,11,13H2,1-2H3. The Morgan fingerprint density at radius 2 is 1.96 bits per heavy atom. The molecule has 0 unspecified atom stereocenters. The smallest absolute Gasteiger partial charge is 0.209 e. The van der Waals surface area contributed by atoms with Crippen molar-refractivity contribution < 1.29 is 9.47 Å². The first kappa shape index (κ1) is 17.7. The molecule has 4 nitrogen and oxygen atoms in total. The zero-order valence-electron chi connectivity index (χ0n) is 15.6. The van der Waals surface area contributed by atoms with E-state index >= 15 is 0 Å². The average Bonchev–Trinajstić information content (AvgIpc) is 3.24. The predicted octanol–water partition coefficient (Wildman–Crippen LogP) is 5.65. The molecule has 0 spiro atoms. The fraction of sp³-hybridized carbons (Fsp3) is 0.273. The van der Waals surface area contributed by atoms with E-state index in [0.717, 1.165) is 53.8 Å². The van der Waals surface area contributed by atoms with E-state index in [1.165, 1.54) is 16.0 Å². The highest BCUT2D eigenvalue weighted by Gasteiger charge is 2.23. The Balaban J connectivity index is 1.45. The zero-order chi connectivity index (χ0) is 18.6. The van der Waals surface area contributed by atoms with Crippen LogP contribution in [-0.2, 0) is 6.42 Å². The van der Waals surface area contributed by atoms with Crippen molar-refractivity contribution in [3.8, 4) is 22.8 Å². The Labute approximate surface area is 163 Å². The highest BCUT2D eigenvalue weighted by atomic mass is 32.1. The van der Waals surface area contributed by atoms with Gasteiger partial charge in [-0.15, -0.1) is 0 Å². The van der Waals surface area contributed by atoms with Crippen LogP contribution in [0, 0.1) is 0 Å². The summed E-state index contributed by atoms with van der Waals surface area (Å²) in [7, 11) is 1.70. The molecule has 1 heterocycles. The number of methoxy groups -OCH3 is 1. The first-order valence-corrected chi connectivity index (χ1v) is 10.0. The fourth-order valence-corrected chi connectivity index (χ4v) is 4.03. The molecule has 0 saturated heterocycles. The SMILES string of the molecule is CCCCOc1ccc(C=Nc2nc3c(s2)Cc2cc(OC)ccc2-3)cc1. The van der Waals surface area contributed by atoms with E-state index < -0.39 is 0 Å². The summed E-state index contributed by atoms with van der Waals surface area (Å²) in [5.41, 5.74) is 4.57. The molecular weight excluding hydrogens is 356 g/mol. The Bertz CT molecular complexity index is 961. The molecule has 5 heteroatoms. The lowest BCUT2D eigenvalue weighted by Crippen LogP contribution is -1.96. The molecule has 0 fully saturated rings. The van der Waals surface area contributed by atoms with Crippen LogP contribution >= 0.6 is 11.3 Å². The molecule has 0 aliphatic heterocycles. The third-order valence-corrected chi connectivity index (χ3v) is 5.54. The minimum atomic E-state index is 0.766. The van der Waals surface area contributed by atoms with Crippen LogP contribution in [0.4, 0.5) is 5.13 Å². The second-order valence-electron chi connectivity index (χ2n) is 6.50. The van der Waals surface area contributed by atoms with Gasteiger partial charge in [0.05, 0.1) is 19.4 Å². The van der Waals surface area contributed by atoms with Gasteiger partial charge < -0.3 is 9.47 Å². The number of nitrogens with zero attached hydrogens (tertiary/aromatic N) is 2. The Morgan fingerprint density at radius 3 is 2.74 bits per heavy atom. The molecule has 0 saturated carbocycles. The molecule has 0 bridgehead atoms. The van der Waals surface area contributed by atoms with Gasteiger partial charge in [0.2, 0.25) is 5.13 Å². The van der Waals surface area contributed by atoms with E-state index in [2.05, 4.69) is 24.0 Å². The molecule has 1 aliphatic rings. The van der Waals surface area contributed by atoms with Gasteiger partial charge >= 0.3 is 0 Å². The van der Waals surface area contributed by atoms with E-state index in [1.807, 2.05) is 36.5 Å². The number of unbranched alkanes of at least 4 members (excludes halogenated alkanes) is 1. The summed E-state index contributed by atoms with van der Waals surface area (Å²) in [6.07, 6.45) is 4.98. The molecule has 0 N–H and O–H groups in total. The number of aromatic nitrogens is 1. The lowest BCUT2D eigenvalue weighted by atomic mass is 10.1. The number of hydrogen-bond acceptors (Lipinski definition) is 5. The topological polar surface area (TPSA) is 43.7 Å². The van der Waals surface area contributed by atoms with Gasteiger partial charge in [0.1, 0.15) is 11.5 Å². The lowest BCUT2D eigenvalue weighted by Gasteiger charge is -2.04. The molecule has 0 amide bonds. The number of rotatable bonds is 7. The van der Waals surface area contributed by atoms with Crippen LogP contribution in [-0.4, -0.2) is 24.9 Å². The Hall–Kier alpha value is -2.66. The molecule has 1 aromatic heterocycles. The minimum Gasteiger partial charge on any atom is -0.497 e. The number of thiazole rings is 1. The summed E-state index contributed by atoms with van der Waals surface area (Å²) in [5.74, 6) is 1.80. The van der Waals surface area contributed by atoms with E-state index in [1.54, 1.807) is 18.4 Å².